The molecule has 4 rings (SSSR count). The number of amides is 1. The summed E-state index contributed by atoms with van der Waals surface area (Å²) in [6.07, 6.45) is 4.02. The van der Waals surface area contributed by atoms with E-state index in [4.69, 9.17) is 21.1 Å². The molecule has 2 saturated heterocycles. The number of carbonyl (C=O) groups is 1. The van der Waals surface area contributed by atoms with Crippen LogP contribution in [0, 0.1) is 0 Å². The maximum absolute atomic E-state index is 12.1. The fourth-order valence-electron chi connectivity index (χ4n) is 3.53. The van der Waals surface area contributed by atoms with Crippen LogP contribution in [0.25, 0.3) is 0 Å². The number of nitrogens with zero attached hydrogens (tertiary/aromatic N) is 4. The maximum Gasteiger partial charge on any atom is 0.230 e. The van der Waals surface area contributed by atoms with Crippen LogP contribution >= 0.6 is 23.4 Å². The van der Waals surface area contributed by atoms with Crippen molar-refractivity contribution in [1.29, 1.82) is 0 Å². The lowest BCUT2D eigenvalue weighted by atomic mass is 10.0. The molecule has 1 spiro atoms. The molecule has 0 bridgehead atoms. The molecule has 2 aliphatic heterocycles. The van der Waals surface area contributed by atoms with E-state index in [0.717, 1.165) is 37.4 Å². The van der Waals surface area contributed by atoms with Gasteiger partial charge in [-0.05, 0) is 12.1 Å². The third kappa shape index (κ3) is 5.60. The molecule has 2 aliphatic rings. The molecule has 0 aromatic carbocycles. The average molecular weight is 450 g/mol. The Balaban J connectivity index is 1.26. The monoisotopic (exact) mass is 449 g/mol. The average Bonchev–Trinajstić information content (AvgIpc) is 3.21. The molecule has 8 nitrogen and oxygen atoms in total. The first kappa shape index (κ1) is 21.3. The molecule has 4 heterocycles. The summed E-state index contributed by atoms with van der Waals surface area (Å²) < 4.78 is 11.6. The lowest BCUT2D eigenvalue weighted by Crippen LogP contribution is -2.45. The van der Waals surface area contributed by atoms with Crippen molar-refractivity contribution in [3.05, 3.63) is 41.3 Å². The fraction of sp³-hybridized carbons (Fsp3) is 0.500. The number of ether oxygens (including phenoxy) is 2. The SMILES string of the molecule is O=C(CSc1nc(Cl)cc(N2CCC3(CC2)OCCO3)n1)NCCc1ccccn1. The highest BCUT2D eigenvalue weighted by atomic mass is 35.5. The van der Waals surface area contributed by atoms with Crippen LogP contribution in [0.2, 0.25) is 5.15 Å². The number of hydrogen-bond acceptors (Lipinski definition) is 8. The first-order valence-electron chi connectivity index (χ1n) is 9.99. The first-order chi connectivity index (χ1) is 14.6. The van der Waals surface area contributed by atoms with E-state index in [0.29, 0.717) is 36.5 Å². The van der Waals surface area contributed by atoms with E-state index in [1.165, 1.54) is 11.8 Å². The van der Waals surface area contributed by atoms with Gasteiger partial charge >= 0.3 is 0 Å². The second-order valence-electron chi connectivity index (χ2n) is 7.14. The van der Waals surface area contributed by atoms with E-state index >= 15 is 0 Å². The number of hydrogen-bond donors (Lipinski definition) is 1. The number of piperidine rings is 1. The van der Waals surface area contributed by atoms with Crippen LogP contribution < -0.4 is 10.2 Å². The third-order valence-corrected chi connectivity index (χ3v) is 6.13. The minimum Gasteiger partial charge on any atom is -0.356 e. The van der Waals surface area contributed by atoms with Crippen LogP contribution in [0.3, 0.4) is 0 Å². The van der Waals surface area contributed by atoms with Gasteiger partial charge in [-0.25, -0.2) is 9.97 Å². The molecule has 0 unspecified atom stereocenters. The summed E-state index contributed by atoms with van der Waals surface area (Å²) in [4.78, 5) is 27.4. The highest BCUT2D eigenvalue weighted by Gasteiger charge is 2.40. The van der Waals surface area contributed by atoms with Crippen molar-refractivity contribution >= 4 is 35.1 Å². The molecule has 0 atom stereocenters. The number of halogens is 1. The summed E-state index contributed by atoms with van der Waals surface area (Å²) in [6, 6.07) is 7.50. The summed E-state index contributed by atoms with van der Waals surface area (Å²) in [5, 5.41) is 3.75. The zero-order valence-corrected chi connectivity index (χ0v) is 18.1. The van der Waals surface area contributed by atoms with Crippen molar-refractivity contribution in [2.75, 3.05) is 43.5 Å². The lowest BCUT2D eigenvalue weighted by Gasteiger charge is -2.38. The summed E-state index contributed by atoms with van der Waals surface area (Å²) >= 11 is 7.48. The molecule has 0 saturated carbocycles. The Kier molecular flexibility index (Phi) is 7.04. The number of thioether (sulfide) groups is 1. The van der Waals surface area contributed by atoms with Crippen molar-refractivity contribution in [2.45, 2.75) is 30.2 Å². The van der Waals surface area contributed by atoms with Crippen molar-refractivity contribution in [1.82, 2.24) is 20.3 Å². The Morgan fingerprint density at radius 3 is 2.77 bits per heavy atom. The largest absolute Gasteiger partial charge is 0.356 e. The molecule has 0 aliphatic carbocycles. The lowest BCUT2D eigenvalue weighted by molar-refractivity contribution is -0.169. The zero-order valence-electron chi connectivity index (χ0n) is 16.6. The zero-order chi connectivity index (χ0) is 20.8. The molecule has 2 fully saturated rings. The smallest absolute Gasteiger partial charge is 0.230 e. The Hall–Kier alpha value is -1.94. The Morgan fingerprint density at radius 2 is 2.03 bits per heavy atom. The van der Waals surface area contributed by atoms with E-state index in [-0.39, 0.29) is 11.7 Å². The van der Waals surface area contributed by atoms with Gasteiger partial charge in [-0.1, -0.05) is 29.4 Å². The maximum atomic E-state index is 12.1. The van der Waals surface area contributed by atoms with E-state index < -0.39 is 5.79 Å². The van der Waals surface area contributed by atoms with Crippen molar-refractivity contribution in [3.63, 3.8) is 0 Å². The van der Waals surface area contributed by atoms with Crippen LogP contribution in [0.1, 0.15) is 18.5 Å². The Labute approximate surface area is 184 Å². The van der Waals surface area contributed by atoms with Crippen LogP contribution in [0.5, 0.6) is 0 Å². The van der Waals surface area contributed by atoms with Crippen molar-refractivity contribution < 1.29 is 14.3 Å². The second-order valence-corrected chi connectivity index (χ2v) is 8.47. The molecule has 0 radical (unpaired) electrons. The standard InChI is InChI=1S/C20H24ClN5O3S/c21-16-13-17(26-9-5-20(6-10-26)28-11-12-29-20)25-19(24-16)30-14-18(27)23-8-4-15-3-1-2-7-22-15/h1-3,7,13H,4-6,8-12,14H2,(H,23,27). The fourth-order valence-corrected chi connectivity index (χ4v) is 4.44. The Morgan fingerprint density at radius 1 is 1.23 bits per heavy atom. The summed E-state index contributed by atoms with van der Waals surface area (Å²) in [6.45, 7) is 3.39. The number of pyridine rings is 1. The first-order valence-corrected chi connectivity index (χ1v) is 11.4. The molecule has 1 amide bonds. The van der Waals surface area contributed by atoms with E-state index in [1.807, 2.05) is 18.2 Å². The summed E-state index contributed by atoms with van der Waals surface area (Å²) in [5.74, 6) is 0.489. The van der Waals surface area contributed by atoms with Crippen molar-refractivity contribution in [2.24, 2.45) is 0 Å². The second kappa shape index (κ2) is 9.91. The van der Waals surface area contributed by atoms with Gasteiger partial charge in [0.1, 0.15) is 11.0 Å². The Bertz CT molecular complexity index is 857. The predicted molar refractivity (Wildman–Crippen MR) is 115 cm³/mol. The molecule has 2 aromatic heterocycles. The number of rotatable bonds is 7. The van der Waals surface area contributed by atoms with Gasteiger partial charge in [0.25, 0.3) is 0 Å². The normalized spacial score (nSPS) is 18.0. The van der Waals surface area contributed by atoms with Gasteiger partial charge < -0.3 is 19.7 Å². The molecule has 1 N–H and O–H groups in total. The molecule has 160 valence electrons. The van der Waals surface area contributed by atoms with E-state index in [9.17, 15) is 4.79 Å². The number of carbonyl (C=O) groups excluding carboxylic acids is 1. The van der Waals surface area contributed by atoms with Crippen LogP contribution in [-0.4, -0.2) is 65.2 Å². The highest BCUT2D eigenvalue weighted by Crippen LogP contribution is 2.33. The molecular weight excluding hydrogens is 426 g/mol. The van der Waals surface area contributed by atoms with Gasteiger partial charge in [-0.15, -0.1) is 0 Å². The number of nitrogens with one attached hydrogen (secondary N) is 1. The van der Waals surface area contributed by atoms with E-state index in [2.05, 4.69) is 25.2 Å². The minimum absolute atomic E-state index is 0.0727. The van der Waals surface area contributed by atoms with Gasteiger partial charge in [-0.2, -0.15) is 0 Å². The van der Waals surface area contributed by atoms with Gasteiger partial charge in [0.05, 0.1) is 19.0 Å². The molecule has 30 heavy (non-hydrogen) atoms. The summed E-state index contributed by atoms with van der Waals surface area (Å²) in [5.41, 5.74) is 0.949. The molecular formula is C20H24ClN5O3S. The number of anilines is 1. The van der Waals surface area contributed by atoms with Crippen LogP contribution in [0.15, 0.2) is 35.6 Å². The quantitative estimate of drug-likeness (QED) is 0.391. The highest BCUT2D eigenvalue weighted by molar-refractivity contribution is 7.99. The third-order valence-electron chi connectivity index (χ3n) is 5.09. The number of aromatic nitrogens is 3. The van der Waals surface area contributed by atoms with E-state index in [1.54, 1.807) is 12.3 Å². The van der Waals surface area contributed by atoms with Gasteiger partial charge in [0.15, 0.2) is 10.9 Å². The van der Waals surface area contributed by atoms with Gasteiger partial charge in [0.2, 0.25) is 5.91 Å². The topological polar surface area (TPSA) is 89.5 Å². The molecule has 2 aromatic rings. The van der Waals surface area contributed by atoms with Crippen LogP contribution in [0.4, 0.5) is 5.82 Å². The minimum atomic E-state index is -0.432. The van der Waals surface area contributed by atoms with Gasteiger partial charge in [0, 0.05) is 56.9 Å². The molecule has 10 heteroatoms. The summed E-state index contributed by atoms with van der Waals surface area (Å²) in [7, 11) is 0. The predicted octanol–water partition coefficient (Wildman–Crippen LogP) is 2.32. The van der Waals surface area contributed by atoms with Gasteiger partial charge in [-0.3, -0.25) is 9.78 Å². The van der Waals surface area contributed by atoms with Crippen molar-refractivity contribution in [3.8, 4) is 0 Å². The van der Waals surface area contributed by atoms with Crippen LogP contribution in [-0.2, 0) is 20.7 Å².